The van der Waals surface area contributed by atoms with Crippen molar-refractivity contribution in [2.24, 2.45) is 5.92 Å². The van der Waals surface area contributed by atoms with Gasteiger partial charge in [-0.15, -0.1) is 0 Å². The highest BCUT2D eigenvalue weighted by atomic mass is 35.5. The van der Waals surface area contributed by atoms with Crippen LogP contribution in [0.4, 0.5) is 5.69 Å². The van der Waals surface area contributed by atoms with Gasteiger partial charge in [0.2, 0.25) is 11.8 Å². The summed E-state index contributed by atoms with van der Waals surface area (Å²) in [6.45, 7) is 3.91. The zero-order valence-electron chi connectivity index (χ0n) is 23.1. The summed E-state index contributed by atoms with van der Waals surface area (Å²) in [5, 5.41) is 15.2. The quantitative estimate of drug-likeness (QED) is 0.324. The van der Waals surface area contributed by atoms with Gasteiger partial charge in [0.25, 0.3) is 0 Å². The first kappa shape index (κ1) is 27.8. The van der Waals surface area contributed by atoms with E-state index in [1.807, 2.05) is 54.6 Å². The molecule has 3 atom stereocenters. The number of amides is 1. The molecule has 9 heteroatoms. The molecular weight excluding hydrogens is 540 g/mol. The Morgan fingerprint density at radius 3 is 2.66 bits per heavy atom. The van der Waals surface area contributed by atoms with Crippen LogP contribution in [-0.4, -0.2) is 65.8 Å². The summed E-state index contributed by atoms with van der Waals surface area (Å²) in [5.74, 6) is 1.68. The molecule has 0 radical (unpaired) electrons. The zero-order chi connectivity index (χ0) is 28.2. The Morgan fingerprint density at radius 2 is 1.90 bits per heavy atom. The molecule has 2 N–H and O–H groups in total. The smallest absolute Gasteiger partial charge is 0.225 e. The molecule has 41 heavy (non-hydrogen) atoms. The molecule has 216 valence electrons. The second-order valence-corrected chi connectivity index (χ2v) is 11.7. The number of benzene rings is 2. The average Bonchev–Trinajstić information content (AvgIpc) is 3.42. The fourth-order valence-electron chi connectivity index (χ4n) is 5.64. The summed E-state index contributed by atoms with van der Waals surface area (Å²) in [7, 11) is 0. The maximum absolute atomic E-state index is 13.6. The van der Waals surface area contributed by atoms with Crippen LogP contribution in [0, 0.1) is 5.92 Å². The second-order valence-electron chi connectivity index (χ2n) is 11.3. The number of aromatic nitrogens is 1. The Kier molecular flexibility index (Phi) is 8.60. The normalized spacial score (nSPS) is 20.5. The van der Waals surface area contributed by atoms with Crippen molar-refractivity contribution in [3.8, 4) is 17.4 Å². The first-order valence-corrected chi connectivity index (χ1v) is 15.0. The van der Waals surface area contributed by atoms with E-state index in [-0.39, 0.29) is 17.9 Å². The monoisotopic (exact) mass is 576 g/mol. The predicted molar refractivity (Wildman–Crippen MR) is 159 cm³/mol. The molecule has 1 aliphatic carbocycles. The highest BCUT2D eigenvalue weighted by Gasteiger charge is 2.33. The predicted octanol–water partition coefficient (Wildman–Crippen LogP) is 5.21. The number of hydrogen-bond acceptors (Lipinski definition) is 7. The van der Waals surface area contributed by atoms with E-state index in [9.17, 15) is 9.90 Å². The molecule has 2 saturated heterocycles. The number of likely N-dealkylation sites (tertiary alicyclic amines) is 1. The summed E-state index contributed by atoms with van der Waals surface area (Å²) >= 11 is 6.51. The molecule has 1 amide bonds. The lowest BCUT2D eigenvalue weighted by atomic mass is 10.00. The van der Waals surface area contributed by atoms with Crippen LogP contribution in [0.3, 0.4) is 0 Å². The van der Waals surface area contributed by atoms with Crippen molar-refractivity contribution in [3.63, 3.8) is 0 Å². The Hall–Kier alpha value is -3.33. The minimum Gasteiger partial charge on any atom is -0.489 e. The van der Waals surface area contributed by atoms with Crippen LogP contribution in [0.5, 0.6) is 17.4 Å². The SMILES string of the molecule is O=C(N[C@H](CN1CCCC1)[C@H](O)c1ccc(OC2CC2)c(Cl)c1)C1CCN(c2cccc(Oc3ccccn3)c2)C1. The second kappa shape index (κ2) is 12.7. The average molecular weight is 577 g/mol. The summed E-state index contributed by atoms with van der Waals surface area (Å²) in [4.78, 5) is 22.3. The van der Waals surface area contributed by atoms with E-state index < -0.39 is 12.1 Å². The maximum atomic E-state index is 13.6. The number of hydrogen-bond donors (Lipinski definition) is 2. The lowest BCUT2D eigenvalue weighted by Crippen LogP contribution is -2.48. The fourth-order valence-corrected chi connectivity index (χ4v) is 5.88. The van der Waals surface area contributed by atoms with Gasteiger partial charge in [0.1, 0.15) is 17.6 Å². The molecule has 2 aliphatic heterocycles. The van der Waals surface area contributed by atoms with Gasteiger partial charge in [0.05, 0.1) is 23.1 Å². The van der Waals surface area contributed by atoms with E-state index in [4.69, 9.17) is 21.1 Å². The number of ether oxygens (including phenoxy) is 2. The summed E-state index contributed by atoms with van der Waals surface area (Å²) in [6.07, 6.45) is 6.17. The third kappa shape index (κ3) is 7.12. The number of pyridine rings is 1. The lowest BCUT2D eigenvalue weighted by Gasteiger charge is -2.30. The topological polar surface area (TPSA) is 87.2 Å². The molecule has 0 bridgehead atoms. The largest absolute Gasteiger partial charge is 0.489 e. The highest BCUT2D eigenvalue weighted by Crippen LogP contribution is 2.35. The van der Waals surface area contributed by atoms with Gasteiger partial charge in [-0.25, -0.2) is 4.98 Å². The van der Waals surface area contributed by atoms with Gasteiger partial charge in [0, 0.05) is 43.7 Å². The van der Waals surface area contributed by atoms with Crippen molar-refractivity contribution in [3.05, 3.63) is 77.4 Å². The summed E-state index contributed by atoms with van der Waals surface area (Å²) in [6, 6.07) is 18.4. The molecule has 3 heterocycles. The molecule has 1 unspecified atom stereocenters. The molecule has 3 aliphatic rings. The Bertz CT molecular complexity index is 1330. The fraction of sp³-hybridized carbons (Fsp3) is 0.438. The third-order valence-electron chi connectivity index (χ3n) is 8.08. The number of aliphatic hydroxyl groups is 1. The number of halogens is 1. The number of anilines is 1. The summed E-state index contributed by atoms with van der Waals surface area (Å²) in [5.41, 5.74) is 1.69. The third-order valence-corrected chi connectivity index (χ3v) is 8.38. The number of aliphatic hydroxyl groups excluding tert-OH is 1. The van der Waals surface area contributed by atoms with Crippen molar-refractivity contribution in [1.29, 1.82) is 0 Å². The van der Waals surface area contributed by atoms with Crippen LogP contribution < -0.4 is 19.7 Å². The van der Waals surface area contributed by atoms with Gasteiger partial charge in [0.15, 0.2) is 0 Å². The highest BCUT2D eigenvalue weighted by molar-refractivity contribution is 6.32. The van der Waals surface area contributed by atoms with Gasteiger partial charge in [-0.05, 0) is 81.1 Å². The molecule has 3 fully saturated rings. The van der Waals surface area contributed by atoms with Gasteiger partial charge < -0.3 is 29.7 Å². The Morgan fingerprint density at radius 1 is 1.05 bits per heavy atom. The minimum absolute atomic E-state index is 0.0311. The first-order valence-electron chi connectivity index (χ1n) is 14.6. The van der Waals surface area contributed by atoms with Crippen molar-refractivity contribution in [1.82, 2.24) is 15.2 Å². The van der Waals surface area contributed by atoms with Crippen molar-refractivity contribution in [2.75, 3.05) is 37.6 Å². The van der Waals surface area contributed by atoms with E-state index in [2.05, 4.69) is 20.1 Å². The molecule has 8 nitrogen and oxygen atoms in total. The maximum Gasteiger partial charge on any atom is 0.225 e. The van der Waals surface area contributed by atoms with Gasteiger partial charge in [-0.1, -0.05) is 29.8 Å². The standard InChI is InChI=1S/C32H37ClN4O4/c33-27-18-22(9-12-29(27)40-25-10-11-25)31(38)28(21-36-15-3-4-16-36)35-32(39)23-13-17-37(20-23)24-6-5-7-26(19-24)41-30-8-1-2-14-34-30/h1-2,5-9,12,14,18-19,23,25,28,31,38H,3-4,10-11,13,15-17,20-21H2,(H,35,39)/t23?,28-,31-/m1/s1. The van der Waals surface area contributed by atoms with E-state index in [1.165, 1.54) is 0 Å². The van der Waals surface area contributed by atoms with E-state index in [0.29, 0.717) is 41.1 Å². The van der Waals surface area contributed by atoms with Crippen LogP contribution in [-0.2, 0) is 4.79 Å². The molecule has 6 rings (SSSR count). The molecule has 1 aromatic heterocycles. The number of rotatable bonds is 11. The zero-order valence-corrected chi connectivity index (χ0v) is 23.9. The van der Waals surface area contributed by atoms with Gasteiger partial charge in [-0.3, -0.25) is 4.79 Å². The van der Waals surface area contributed by atoms with E-state index in [1.54, 1.807) is 12.3 Å². The molecule has 2 aromatic carbocycles. The van der Waals surface area contributed by atoms with Crippen molar-refractivity contribution >= 4 is 23.2 Å². The number of nitrogens with one attached hydrogen (secondary N) is 1. The van der Waals surface area contributed by atoms with Crippen LogP contribution >= 0.6 is 11.6 Å². The molecule has 1 saturated carbocycles. The van der Waals surface area contributed by atoms with Gasteiger partial charge in [-0.2, -0.15) is 0 Å². The Balaban J connectivity index is 1.11. The number of nitrogens with zero attached hydrogens (tertiary/aromatic N) is 3. The van der Waals surface area contributed by atoms with Crippen LogP contribution in [0.2, 0.25) is 5.02 Å². The van der Waals surface area contributed by atoms with Crippen LogP contribution in [0.15, 0.2) is 66.9 Å². The van der Waals surface area contributed by atoms with Crippen LogP contribution in [0.25, 0.3) is 0 Å². The summed E-state index contributed by atoms with van der Waals surface area (Å²) < 4.78 is 11.8. The van der Waals surface area contributed by atoms with Gasteiger partial charge >= 0.3 is 0 Å². The number of carbonyl (C=O) groups excluding carboxylic acids is 1. The molecular formula is C32H37ClN4O4. The van der Waals surface area contributed by atoms with Crippen LogP contribution in [0.1, 0.15) is 43.8 Å². The van der Waals surface area contributed by atoms with E-state index >= 15 is 0 Å². The molecule has 3 aromatic rings. The van der Waals surface area contributed by atoms with E-state index in [0.717, 1.165) is 57.4 Å². The van der Waals surface area contributed by atoms with Crippen molar-refractivity contribution in [2.45, 2.75) is 50.4 Å². The lowest BCUT2D eigenvalue weighted by molar-refractivity contribution is -0.126. The molecule has 0 spiro atoms. The number of carbonyl (C=O) groups is 1. The Labute approximate surface area is 246 Å². The minimum atomic E-state index is -0.884. The first-order chi connectivity index (χ1) is 20.0. The van der Waals surface area contributed by atoms with Crippen molar-refractivity contribution < 1.29 is 19.4 Å².